The Labute approximate surface area is 152 Å². The van der Waals surface area contributed by atoms with Gasteiger partial charge in [-0.05, 0) is 29.9 Å². The van der Waals surface area contributed by atoms with Crippen LogP contribution in [0.1, 0.15) is 41.8 Å². The van der Waals surface area contributed by atoms with Crippen molar-refractivity contribution in [1.29, 1.82) is 0 Å². The number of unbranched alkanes of at least 4 members (excludes halogenated alkanes) is 1. The van der Waals surface area contributed by atoms with Gasteiger partial charge in [0, 0.05) is 5.56 Å². The number of nitrogens with one attached hydrogen (secondary N) is 1. The number of aryl methyl sites for hydroxylation is 1. The van der Waals surface area contributed by atoms with Gasteiger partial charge in [0.1, 0.15) is 6.04 Å². The number of hydrogen-bond acceptors (Lipinski definition) is 3. The molecule has 2 aromatic rings. The summed E-state index contributed by atoms with van der Waals surface area (Å²) in [6.45, 7) is 2.31. The van der Waals surface area contributed by atoms with Crippen LogP contribution in [0, 0.1) is 0 Å². The Morgan fingerprint density at radius 3 is 2.60 bits per heavy atom. The molecule has 6 heteroatoms. The summed E-state index contributed by atoms with van der Waals surface area (Å²) in [6, 6.07) is 12.8. The van der Waals surface area contributed by atoms with Gasteiger partial charge in [0.05, 0.1) is 11.4 Å². The number of hydrogen-bond donors (Lipinski definition) is 3. The van der Waals surface area contributed by atoms with Crippen molar-refractivity contribution in [3.63, 3.8) is 0 Å². The molecular formula is C19H26N3O2S+. The van der Waals surface area contributed by atoms with E-state index >= 15 is 0 Å². The number of amides is 2. The standard InChI is InChI=1S/C19H25N3O2S/c1-2-3-5-14-7-9-15(10-8-14)19(16-6-4-11-25-16)22-13-18(24)21-12-17(20)23/h4,6-11,19,22H,2-3,5,12-13H2,1H3,(H2,20,23)(H,21,24)/p+1/t19-/m0/s1. The van der Waals surface area contributed by atoms with Crippen molar-refractivity contribution in [2.75, 3.05) is 13.1 Å². The Kier molecular flexibility index (Phi) is 7.63. The molecule has 1 heterocycles. The van der Waals surface area contributed by atoms with Crippen LogP contribution in [0.15, 0.2) is 41.8 Å². The maximum absolute atomic E-state index is 11.9. The minimum atomic E-state index is -0.536. The summed E-state index contributed by atoms with van der Waals surface area (Å²) < 4.78 is 0. The van der Waals surface area contributed by atoms with Crippen LogP contribution >= 0.6 is 11.3 Å². The molecule has 2 amide bonds. The lowest BCUT2D eigenvalue weighted by molar-refractivity contribution is -0.676. The maximum atomic E-state index is 11.9. The Morgan fingerprint density at radius 1 is 1.24 bits per heavy atom. The first-order valence-corrected chi connectivity index (χ1v) is 9.48. The molecular weight excluding hydrogens is 334 g/mol. The van der Waals surface area contributed by atoms with Gasteiger partial charge in [-0.1, -0.05) is 43.7 Å². The average molecular weight is 361 g/mol. The summed E-state index contributed by atoms with van der Waals surface area (Å²) in [5.74, 6) is -0.731. The number of primary amides is 1. The topological polar surface area (TPSA) is 88.8 Å². The number of rotatable bonds is 10. The van der Waals surface area contributed by atoms with Gasteiger partial charge in [-0.2, -0.15) is 0 Å². The molecule has 0 aliphatic carbocycles. The van der Waals surface area contributed by atoms with Gasteiger partial charge >= 0.3 is 0 Å². The van der Waals surface area contributed by atoms with Gasteiger partial charge in [-0.25, -0.2) is 0 Å². The van der Waals surface area contributed by atoms with Crippen LogP contribution in [0.3, 0.4) is 0 Å². The maximum Gasteiger partial charge on any atom is 0.275 e. The molecule has 25 heavy (non-hydrogen) atoms. The summed E-state index contributed by atoms with van der Waals surface area (Å²) >= 11 is 1.68. The molecule has 1 aromatic carbocycles. The molecule has 0 radical (unpaired) electrons. The summed E-state index contributed by atoms with van der Waals surface area (Å²) in [5.41, 5.74) is 7.57. The number of carbonyl (C=O) groups excluding carboxylic acids is 2. The Balaban J connectivity index is 2.04. The van der Waals surface area contributed by atoms with E-state index in [9.17, 15) is 9.59 Å². The fraction of sp³-hybridized carbons (Fsp3) is 0.368. The first-order chi connectivity index (χ1) is 12.1. The van der Waals surface area contributed by atoms with Gasteiger partial charge in [0.25, 0.3) is 5.91 Å². The average Bonchev–Trinajstić information content (AvgIpc) is 3.13. The van der Waals surface area contributed by atoms with Crippen LogP contribution in [-0.2, 0) is 16.0 Å². The first-order valence-electron chi connectivity index (χ1n) is 8.60. The fourth-order valence-corrected chi connectivity index (χ4v) is 3.49. The predicted octanol–water partition coefficient (Wildman–Crippen LogP) is 1.35. The predicted molar refractivity (Wildman–Crippen MR) is 100 cm³/mol. The van der Waals surface area contributed by atoms with Crippen molar-refractivity contribution in [2.45, 2.75) is 32.2 Å². The van der Waals surface area contributed by atoms with Crippen LogP contribution in [0.5, 0.6) is 0 Å². The largest absolute Gasteiger partial charge is 0.368 e. The molecule has 0 aliphatic rings. The smallest absolute Gasteiger partial charge is 0.275 e. The summed E-state index contributed by atoms with van der Waals surface area (Å²) in [6.07, 6.45) is 3.48. The Morgan fingerprint density at radius 2 is 2.00 bits per heavy atom. The zero-order chi connectivity index (χ0) is 18.1. The van der Waals surface area contributed by atoms with Crippen molar-refractivity contribution in [3.8, 4) is 0 Å². The van der Waals surface area contributed by atoms with Crippen LogP contribution in [0.2, 0.25) is 0 Å². The lowest BCUT2D eigenvalue weighted by Gasteiger charge is -2.15. The van der Waals surface area contributed by atoms with E-state index in [1.165, 1.54) is 28.8 Å². The van der Waals surface area contributed by atoms with Crippen LogP contribution < -0.4 is 16.4 Å². The van der Waals surface area contributed by atoms with E-state index in [1.807, 2.05) is 16.8 Å². The van der Waals surface area contributed by atoms with Crippen LogP contribution in [0.4, 0.5) is 0 Å². The molecule has 0 bridgehead atoms. The molecule has 0 saturated heterocycles. The SMILES string of the molecule is CCCCc1ccc([C@H]([NH2+]CC(=O)NCC(N)=O)c2cccs2)cc1. The number of thiophene rings is 1. The van der Waals surface area contributed by atoms with Crippen molar-refractivity contribution in [1.82, 2.24) is 5.32 Å². The minimum Gasteiger partial charge on any atom is -0.368 e. The van der Waals surface area contributed by atoms with Crippen molar-refractivity contribution in [2.24, 2.45) is 5.73 Å². The zero-order valence-corrected chi connectivity index (χ0v) is 15.4. The second kappa shape index (κ2) is 9.96. The molecule has 0 fully saturated rings. The van der Waals surface area contributed by atoms with Gasteiger partial charge in [-0.3, -0.25) is 9.59 Å². The fourth-order valence-electron chi connectivity index (χ4n) is 2.64. The van der Waals surface area contributed by atoms with E-state index in [0.717, 1.165) is 6.42 Å². The quantitative estimate of drug-likeness (QED) is 0.597. The Bertz CT molecular complexity index is 668. The lowest BCUT2D eigenvalue weighted by atomic mass is 10.0. The van der Waals surface area contributed by atoms with E-state index in [2.05, 4.69) is 42.6 Å². The van der Waals surface area contributed by atoms with Gasteiger partial charge in [0.2, 0.25) is 5.91 Å². The summed E-state index contributed by atoms with van der Waals surface area (Å²) in [5, 5.41) is 6.56. The van der Waals surface area contributed by atoms with E-state index in [4.69, 9.17) is 5.73 Å². The van der Waals surface area contributed by atoms with Gasteiger partial charge in [-0.15, -0.1) is 11.3 Å². The molecule has 0 saturated carbocycles. The minimum absolute atomic E-state index is 0.0690. The third-order valence-electron chi connectivity index (χ3n) is 4.01. The summed E-state index contributed by atoms with van der Waals surface area (Å²) in [7, 11) is 0. The van der Waals surface area contributed by atoms with Gasteiger partial charge in [0.15, 0.2) is 6.54 Å². The molecule has 5 N–H and O–H groups in total. The molecule has 5 nitrogen and oxygen atoms in total. The molecule has 0 spiro atoms. The third kappa shape index (κ3) is 6.32. The molecule has 1 aromatic heterocycles. The molecule has 1 atom stereocenters. The zero-order valence-electron chi connectivity index (χ0n) is 14.5. The number of nitrogens with two attached hydrogens (primary N) is 2. The highest BCUT2D eigenvalue weighted by Crippen LogP contribution is 2.23. The van der Waals surface area contributed by atoms with Crippen LogP contribution in [0.25, 0.3) is 0 Å². The number of benzene rings is 1. The third-order valence-corrected chi connectivity index (χ3v) is 4.96. The van der Waals surface area contributed by atoms with Crippen molar-refractivity contribution < 1.29 is 14.9 Å². The highest BCUT2D eigenvalue weighted by Gasteiger charge is 2.20. The molecule has 2 rings (SSSR count). The van der Waals surface area contributed by atoms with E-state index in [0.29, 0.717) is 0 Å². The number of carbonyl (C=O) groups is 2. The van der Waals surface area contributed by atoms with E-state index in [-0.39, 0.29) is 25.0 Å². The lowest BCUT2D eigenvalue weighted by Crippen LogP contribution is -2.87. The van der Waals surface area contributed by atoms with E-state index < -0.39 is 5.91 Å². The van der Waals surface area contributed by atoms with Crippen molar-refractivity contribution in [3.05, 3.63) is 57.8 Å². The monoisotopic (exact) mass is 360 g/mol. The normalized spacial score (nSPS) is 11.9. The molecule has 0 aliphatic heterocycles. The molecule has 134 valence electrons. The first kappa shape index (κ1) is 19.1. The van der Waals surface area contributed by atoms with Crippen LogP contribution in [-0.4, -0.2) is 24.9 Å². The molecule has 0 unspecified atom stereocenters. The summed E-state index contributed by atoms with van der Waals surface area (Å²) in [4.78, 5) is 23.8. The Hall–Kier alpha value is -2.18. The second-order valence-electron chi connectivity index (χ2n) is 6.02. The van der Waals surface area contributed by atoms with E-state index in [1.54, 1.807) is 11.3 Å². The van der Waals surface area contributed by atoms with Gasteiger partial charge < -0.3 is 16.4 Å². The second-order valence-corrected chi connectivity index (χ2v) is 7.00. The highest BCUT2D eigenvalue weighted by molar-refractivity contribution is 7.10. The van der Waals surface area contributed by atoms with Crippen molar-refractivity contribution >= 4 is 23.2 Å². The number of quaternary nitrogens is 1. The highest BCUT2D eigenvalue weighted by atomic mass is 32.1.